The second-order valence-corrected chi connectivity index (χ2v) is 4.05. The Morgan fingerprint density at radius 1 is 1.29 bits per heavy atom. The van der Waals surface area contributed by atoms with Crippen molar-refractivity contribution in [2.75, 3.05) is 6.56 Å². The third kappa shape index (κ3) is 3.05. The Morgan fingerprint density at radius 3 is 3.14 bits per heavy atom. The van der Waals surface area contributed by atoms with Crippen LogP contribution in [-0.4, -0.2) is 11.5 Å². The Kier molecular flexibility index (Phi) is 1.64. The van der Waals surface area contributed by atoms with Crippen molar-refractivity contribution in [3.63, 3.8) is 0 Å². The molecular formula is C17H17NO3. The maximum absolute atomic E-state index is 11.5. The minimum Gasteiger partial charge on any atom is -0.493 e. The molecule has 0 unspecified atom stereocenters. The number of hydrogen-bond donors (Lipinski definition) is 0. The summed E-state index contributed by atoms with van der Waals surface area (Å²) in [5, 5.41) is 0. The van der Waals surface area contributed by atoms with E-state index in [9.17, 15) is 4.79 Å². The highest BCUT2D eigenvalue weighted by molar-refractivity contribution is 5.77. The molecule has 4 nitrogen and oxygen atoms in total. The molecule has 0 N–H and O–H groups in total. The van der Waals surface area contributed by atoms with E-state index in [1.165, 1.54) is 30.3 Å². The van der Waals surface area contributed by atoms with Crippen LogP contribution >= 0.6 is 0 Å². The minimum atomic E-state index is -3.82. The third-order valence-corrected chi connectivity index (χ3v) is 2.67. The van der Waals surface area contributed by atoms with E-state index in [-0.39, 0.29) is 22.5 Å². The Morgan fingerprint density at radius 2 is 2.24 bits per heavy atom. The van der Waals surface area contributed by atoms with Crippen molar-refractivity contribution in [2.24, 2.45) is 0 Å². The standard InChI is InChI=1S/C17H17NO3/c1-2-3-4-9-20-13-6-8-15-17(11-13)21-16-10-12(19)5-7-14(16)18-15/h5-8,10-11H,2-4,9H2,1H3/i1D3,2D2,3D2,4D2,9D2. The molecule has 1 heterocycles. The molecular weight excluding hydrogens is 266 g/mol. The first-order chi connectivity index (χ1) is 14.4. The molecule has 1 aliphatic carbocycles. The molecule has 0 radical (unpaired) electrons. The average molecular weight is 294 g/mol. The van der Waals surface area contributed by atoms with Gasteiger partial charge in [0, 0.05) is 24.5 Å². The third-order valence-electron chi connectivity index (χ3n) is 2.67. The largest absolute Gasteiger partial charge is 0.493 e. The van der Waals surface area contributed by atoms with Crippen LogP contribution in [0.1, 0.15) is 41.0 Å². The lowest BCUT2D eigenvalue weighted by Gasteiger charge is -2.08. The Balaban J connectivity index is 2.01. The molecule has 0 atom stereocenters. The number of nitrogens with zero attached hydrogens (tertiary/aromatic N) is 1. The molecule has 0 bridgehead atoms. The van der Waals surface area contributed by atoms with Crippen LogP contribution in [0, 0.1) is 0 Å². The zero-order valence-corrected chi connectivity index (χ0v) is 10.6. The maximum atomic E-state index is 11.5. The molecule has 0 aromatic heterocycles. The minimum absolute atomic E-state index is 0.0535. The first-order valence-corrected chi connectivity index (χ1v) is 5.94. The van der Waals surface area contributed by atoms with Gasteiger partial charge in [0.2, 0.25) is 0 Å². The highest BCUT2D eigenvalue weighted by atomic mass is 16.5. The van der Waals surface area contributed by atoms with Gasteiger partial charge in [-0.25, -0.2) is 4.98 Å². The number of fused-ring (bicyclic) bond motifs is 2. The molecule has 0 saturated heterocycles. The van der Waals surface area contributed by atoms with Crippen LogP contribution in [0.15, 0.2) is 45.6 Å². The van der Waals surface area contributed by atoms with Gasteiger partial charge in [0.25, 0.3) is 0 Å². The fourth-order valence-electron chi connectivity index (χ4n) is 1.79. The molecule has 21 heavy (non-hydrogen) atoms. The summed E-state index contributed by atoms with van der Waals surface area (Å²) in [5.41, 5.74) is 0.418. The van der Waals surface area contributed by atoms with Crippen LogP contribution in [0.2, 0.25) is 0 Å². The van der Waals surface area contributed by atoms with Gasteiger partial charge in [-0.2, -0.15) is 0 Å². The van der Waals surface area contributed by atoms with Gasteiger partial charge in [-0.05, 0) is 30.6 Å². The van der Waals surface area contributed by atoms with Crippen molar-refractivity contribution in [1.82, 2.24) is 4.98 Å². The van der Waals surface area contributed by atoms with Gasteiger partial charge in [-0.1, -0.05) is 19.6 Å². The summed E-state index contributed by atoms with van der Waals surface area (Å²) in [6, 6.07) is 7.66. The lowest BCUT2D eigenvalue weighted by Crippen LogP contribution is -2.00. The number of aromatic nitrogens is 1. The fraction of sp³-hybridized carbons (Fsp3) is 0.294. The Labute approximate surface area is 138 Å². The van der Waals surface area contributed by atoms with Crippen molar-refractivity contribution >= 4 is 11.1 Å². The molecule has 1 aliphatic heterocycles. The van der Waals surface area contributed by atoms with Gasteiger partial charge in [-0.15, -0.1) is 0 Å². The van der Waals surface area contributed by atoms with Gasteiger partial charge in [0.05, 0.1) is 9.30 Å². The Bertz CT molecular complexity index is 1190. The van der Waals surface area contributed by atoms with Crippen LogP contribution in [0.25, 0.3) is 22.6 Å². The summed E-state index contributed by atoms with van der Waals surface area (Å²) in [6.45, 7) is -7.08. The molecule has 0 fully saturated rings. The van der Waals surface area contributed by atoms with E-state index in [2.05, 4.69) is 4.98 Å². The molecule has 0 saturated carbocycles. The number of hydrogen-bond acceptors (Lipinski definition) is 4. The predicted octanol–water partition coefficient (Wildman–Crippen LogP) is 3.86. The first kappa shape index (κ1) is 5.79. The van der Waals surface area contributed by atoms with E-state index in [1.54, 1.807) is 0 Å². The monoisotopic (exact) mass is 294 g/mol. The zero-order chi connectivity index (χ0) is 24.3. The topological polar surface area (TPSA) is 52.3 Å². The van der Waals surface area contributed by atoms with Crippen molar-refractivity contribution in [3.8, 4) is 17.2 Å². The van der Waals surface area contributed by atoms with E-state index in [0.29, 0.717) is 11.2 Å². The van der Waals surface area contributed by atoms with Crippen LogP contribution in [0.3, 0.4) is 0 Å². The summed E-state index contributed by atoms with van der Waals surface area (Å²) in [7, 11) is 0. The van der Waals surface area contributed by atoms with E-state index in [4.69, 9.17) is 24.2 Å². The summed E-state index contributed by atoms with van der Waals surface area (Å²) in [4.78, 5) is 15.8. The number of rotatable bonds is 5. The predicted molar refractivity (Wildman–Crippen MR) is 81.9 cm³/mol. The normalized spacial score (nSPS) is 22.2. The second kappa shape index (κ2) is 5.95. The fourth-order valence-corrected chi connectivity index (χ4v) is 1.79. The molecule has 108 valence electrons. The zero-order valence-electron chi connectivity index (χ0n) is 21.6. The quantitative estimate of drug-likeness (QED) is 0.670. The molecule has 1 aromatic carbocycles. The molecule has 0 spiro atoms. The second-order valence-electron chi connectivity index (χ2n) is 4.05. The lowest BCUT2D eigenvalue weighted by atomic mass is 10.2. The molecule has 0 amide bonds. The smallest absolute Gasteiger partial charge is 0.182 e. The average Bonchev–Trinajstić information content (AvgIpc) is 2.64. The lowest BCUT2D eigenvalue weighted by molar-refractivity contribution is 0.306. The van der Waals surface area contributed by atoms with Crippen LogP contribution < -0.4 is 10.2 Å². The number of benzene rings is 2. The van der Waals surface area contributed by atoms with Gasteiger partial charge >= 0.3 is 0 Å². The number of ether oxygens (including phenoxy) is 1. The van der Waals surface area contributed by atoms with Crippen molar-refractivity contribution < 1.29 is 24.2 Å². The van der Waals surface area contributed by atoms with Gasteiger partial charge in [-0.3, -0.25) is 4.79 Å². The SMILES string of the molecule is [2H]C([2H])([2H])C([2H])([2H])C([2H])([2H])C([2H])([2H])C([2H])([2H])Oc1ccc2nc3ccc(=O)cc-3oc2c1. The van der Waals surface area contributed by atoms with Crippen molar-refractivity contribution in [1.29, 1.82) is 0 Å². The van der Waals surface area contributed by atoms with E-state index in [1.807, 2.05) is 0 Å². The van der Waals surface area contributed by atoms with Gasteiger partial charge in [0.1, 0.15) is 17.0 Å². The Hall–Kier alpha value is -2.36. The van der Waals surface area contributed by atoms with E-state index < -0.39 is 32.5 Å². The summed E-state index contributed by atoms with van der Waals surface area (Å²) in [5.74, 6) is -0.178. The molecule has 2 aliphatic rings. The van der Waals surface area contributed by atoms with E-state index in [0.717, 1.165) is 6.07 Å². The van der Waals surface area contributed by atoms with Crippen molar-refractivity contribution in [3.05, 3.63) is 46.6 Å². The van der Waals surface area contributed by atoms with E-state index >= 15 is 0 Å². The molecule has 3 rings (SSSR count). The highest BCUT2D eigenvalue weighted by Gasteiger charge is 2.09. The van der Waals surface area contributed by atoms with Crippen molar-refractivity contribution in [2.45, 2.75) is 26.0 Å². The van der Waals surface area contributed by atoms with Crippen LogP contribution in [-0.2, 0) is 0 Å². The maximum Gasteiger partial charge on any atom is 0.182 e. The molecule has 1 aromatic rings. The van der Waals surface area contributed by atoms with Crippen LogP contribution in [0.4, 0.5) is 0 Å². The highest BCUT2D eigenvalue weighted by Crippen LogP contribution is 2.26. The molecule has 4 heteroatoms. The first-order valence-electron chi connectivity index (χ1n) is 11.4. The summed E-state index contributed by atoms with van der Waals surface area (Å²) in [6.07, 6.45) is -11.3. The van der Waals surface area contributed by atoms with Gasteiger partial charge in [0.15, 0.2) is 16.8 Å². The van der Waals surface area contributed by atoms with Gasteiger partial charge < -0.3 is 9.15 Å². The summed E-state index contributed by atoms with van der Waals surface area (Å²) >= 11 is 0. The van der Waals surface area contributed by atoms with Crippen LogP contribution in [0.5, 0.6) is 5.75 Å². The summed E-state index contributed by atoms with van der Waals surface area (Å²) < 4.78 is 94.9.